The molecule has 0 bridgehead atoms. The number of rotatable bonds is 3. The van der Waals surface area contributed by atoms with Gasteiger partial charge in [-0.1, -0.05) is 36.8 Å². The number of benzene rings is 2. The molecule has 0 spiro atoms. The Bertz CT molecular complexity index is 999. The summed E-state index contributed by atoms with van der Waals surface area (Å²) in [5.74, 6) is 0.181. The molecule has 2 aromatic carbocycles. The number of nitrogens with zero attached hydrogens (tertiary/aromatic N) is 1. The molecule has 1 aliphatic heterocycles. The Morgan fingerprint density at radius 2 is 1.78 bits per heavy atom. The molecule has 140 valence electrons. The zero-order valence-electron chi connectivity index (χ0n) is 15.8. The van der Waals surface area contributed by atoms with Crippen molar-refractivity contribution in [1.82, 2.24) is 4.90 Å². The molecule has 1 saturated heterocycles. The molecule has 0 saturated carbocycles. The van der Waals surface area contributed by atoms with Crippen LogP contribution in [0.3, 0.4) is 0 Å². The van der Waals surface area contributed by atoms with Crippen LogP contribution in [0.5, 0.6) is 5.75 Å². The summed E-state index contributed by atoms with van der Waals surface area (Å²) in [5.41, 5.74) is 2.59. The molecular weight excluding hydrogens is 338 g/mol. The van der Waals surface area contributed by atoms with Crippen molar-refractivity contribution < 1.29 is 9.52 Å². The first-order valence-corrected chi connectivity index (χ1v) is 9.64. The second-order valence-corrected chi connectivity index (χ2v) is 7.59. The molecule has 4 nitrogen and oxygen atoms in total. The van der Waals surface area contributed by atoms with E-state index in [9.17, 15) is 9.90 Å². The van der Waals surface area contributed by atoms with Crippen LogP contribution in [0, 0.1) is 0 Å². The van der Waals surface area contributed by atoms with Gasteiger partial charge in [-0.05, 0) is 49.9 Å². The summed E-state index contributed by atoms with van der Waals surface area (Å²) in [4.78, 5) is 14.7. The lowest BCUT2D eigenvalue weighted by Gasteiger charge is -2.39. The number of phenols is 1. The molecule has 0 amide bonds. The SMILES string of the molecule is CC1CCCC(C)N1Cc1c(O)ccc2c(-c3ccccc3)cc(=O)oc12. The van der Waals surface area contributed by atoms with E-state index in [1.54, 1.807) is 6.07 Å². The number of piperidine rings is 1. The highest BCUT2D eigenvalue weighted by Gasteiger charge is 2.27. The third kappa shape index (κ3) is 3.37. The van der Waals surface area contributed by atoms with E-state index in [2.05, 4.69) is 18.7 Å². The summed E-state index contributed by atoms with van der Waals surface area (Å²) in [6.45, 7) is 5.03. The molecule has 27 heavy (non-hydrogen) atoms. The first-order chi connectivity index (χ1) is 13.0. The van der Waals surface area contributed by atoms with Crippen molar-refractivity contribution in [3.05, 3.63) is 64.5 Å². The Balaban J connectivity index is 1.87. The maximum absolute atomic E-state index is 12.3. The summed E-state index contributed by atoms with van der Waals surface area (Å²) in [5, 5.41) is 11.4. The number of hydrogen-bond acceptors (Lipinski definition) is 4. The number of hydrogen-bond donors (Lipinski definition) is 1. The summed E-state index contributed by atoms with van der Waals surface area (Å²) in [6, 6.07) is 15.8. The lowest BCUT2D eigenvalue weighted by atomic mass is 9.95. The highest BCUT2D eigenvalue weighted by Crippen LogP contribution is 2.35. The molecule has 1 fully saturated rings. The van der Waals surface area contributed by atoms with Crippen molar-refractivity contribution in [1.29, 1.82) is 0 Å². The quantitative estimate of drug-likeness (QED) is 0.671. The number of aromatic hydroxyl groups is 1. The zero-order chi connectivity index (χ0) is 19.0. The molecule has 2 heterocycles. The van der Waals surface area contributed by atoms with E-state index in [1.165, 1.54) is 12.5 Å². The van der Waals surface area contributed by atoms with Gasteiger partial charge in [-0.3, -0.25) is 4.90 Å². The Labute approximate surface area is 159 Å². The number of likely N-dealkylation sites (tertiary alicyclic amines) is 1. The number of fused-ring (bicyclic) bond motifs is 1. The van der Waals surface area contributed by atoms with Crippen molar-refractivity contribution in [3.8, 4) is 16.9 Å². The lowest BCUT2D eigenvalue weighted by molar-refractivity contribution is 0.0945. The van der Waals surface area contributed by atoms with Gasteiger partial charge in [0.05, 0.1) is 5.56 Å². The Morgan fingerprint density at radius 3 is 2.48 bits per heavy atom. The molecule has 1 aliphatic rings. The van der Waals surface area contributed by atoms with Crippen LogP contribution < -0.4 is 5.63 Å². The Kier molecular flexibility index (Phi) is 4.75. The van der Waals surface area contributed by atoms with Gasteiger partial charge in [0.1, 0.15) is 11.3 Å². The largest absolute Gasteiger partial charge is 0.507 e. The van der Waals surface area contributed by atoms with Crippen LogP contribution in [0.15, 0.2) is 57.7 Å². The van der Waals surface area contributed by atoms with E-state index >= 15 is 0 Å². The average Bonchev–Trinajstić information content (AvgIpc) is 2.66. The zero-order valence-corrected chi connectivity index (χ0v) is 15.8. The van der Waals surface area contributed by atoms with Crippen LogP contribution in [0.25, 0.3) is 22.1 Å². The van der Waals surface area contributed by atoms with Crippen molar-refractivity contribution >= 4 is 11.0 Å². The topological polar surface area (TPSA) is 53.7 Å². The van der Waals surface area contributed by atoms with Crippen LogP contribution >= 0.6 is 0 Å². The van der Waals surface area contributed by atoms with Gasteiger partial charge in [0.25, 0.3) is 0 Å². The van der Waals surface area contributed by atoms with E-state index in [1.807, 2.05) is 36.4 Å². The van der Waals surface area contributed by atoms with Gasteiger partial charge in [0, 0.05) is 30.1 Å². The second-order valence-electron chi connectivity index (χ2n) is 7.59. The minimum absolute atomic E-state index is 0.181. The van der Waals surface area contributed by atoms with Crippen molar-refractivity contribution in [2.75, 3.05) is 0 Å². The van der Waals surface area contributed by atoms with E-state index in [0.29, 0.717) is 29.8 Å². The van der Waals surface area contributed by atoms with Crippen LogP contribution in [-0.4, -0.2) is 22.1 Å². The van der Waals surface area contributed by atoms with E-state index in [-0.39, 0.29) is 5.75 Å². The monoisotopic (exact) mass is 363 g/mol. The molecular formula is C23H25NO3. The first kappa shape index (κ1) is 17.8. The van der Waals surface area contributed by atoms with Crippen LogP contribution in [-0.2, 0) is 6.54 Å². The van der Waals surface area contributed by atoms with Crippen molar-refractivity contribution in [3.63, 3.8) is 0 Å². The van der Waals surface area contributed by atoms with Gasteiger partial charge in [0.2, 0.25) is 0 Å². The molecule has 1 N–H and O–H groups in total. The summed E-state index contributed by atoms with van der Waals surface area (Å²) in [6.07, 6.45) is 3.53. The predicted octanol–water partition coefficient (Wildman–Crippen LogP) is 4.93. The fraction of sp³-hybridized carbons (Fsp3) is 0.348. The second kappa shape index (κ2) is 7.20. The molecule has 4 heteroatoms. The standard InChI is InChI=1S/C23H25NO3/c1-15-7-6-8-16(2)24(15)14-20-21(25)12-11-18-19(13-22(26)27-23(18)20)17-9-4-3-5-10-17/h3-5,9-13,15-16,25H,6-8,14H2,1-2H3. The normalized spacial score (nSPS) is 20.8. The molecule has 3 aromatic rings. The fourth-order valence-corrected chi connectivity index (χ4v) is 4.25. The van der Waals surface area contributed by atoms with Gasteiger partial charge >= 0.3 is 5.63 Å². The maximum atomic E-state index is 12.3. The summed E-state index contributed by atoms with van der Waals surface area (Å²) >= 11 is 0. The maximum Gasteiger partial charge on any atom is 0.336 e. The van der Waals surface area contributed by atoms with Gasteiger partial charge in [0.15, 0.2) is 0 Å². The molecule has 0 radical (unpaired) electrons. The van der Waals surface area contributed by atoms with E-state index in [0.717, 1.165) is 29.4 Å². The lowest BCUT2D eigenvalue weighted by Crippen LogP contribution is -2.43. The van der Waals surface area contributed by atoms with Gasteiger partial charge in [-0.25, -0.2) is 4.79 Å². The molecule has 1 aromatic heterocycles. The van der Waals surface area contributed by atoms with Crippen LogP contribution in [0.1, 0.15) is 38.7 Å². The van der Waals surface area contributed by atoms with Crippen molar-refractivity contribution in [2.24, 2.45) is 0 Å². The highest BCUT2D eigenvalue weighted by molar-refractivity contribution is 5.95. The molecule has 2 unspecified atom stereocenters. The Hall–Kier alpha value is -2.59. The van der Waals surface area contributed by atoms with Gasteiger partial charge in [-0.15, -0.1) is 0 Å². The third-order valence-corrected chi connectivity index (χ3v) is 5.79. The minimum Gasteiger partial charge on any atom is -0.507 e. The average molecular weight is 363 g/mol. The predicted molar refractivity (Wildman–Crippen MR) is 108 cm³/mol. The minimum atomic E-state index is -0.395. The summed E-state index contributed by atoms with van der Waals surface area (Å²) < 4.78 is 5.61. The van der Waals surface area contributed by atoms with E-state index < -0.39 is 5.63 Å². The van der Waals surface area contributed by atoms with Gasteiger partial charge < -0.3 is 9.52 Å². The molecule has 4 rings (SSSR count). The van der Waals surface area contributed by atoms with Crippen molar-refractivity contribution in [2.45, 2.75) is 51.7 Å². The smallest absolute Gasteiger partial charge is 0.336 e. The van der Waals surface area contributed by atoms with Crippen LogP contribution in [0.4, 0.5) is 0 Å². The molecule has 2 atom stereocenters. The Morgan fingerprint density at radius 1 is 1.07 bits per heavy atom. The number of phenolic OH excluding ortho intramolecular Hbond substituents is 1. The van der Waals surface area contributed by atoms with Gasteiger partial charge in [-0.2, -0.15) is 0 Å². The molecule has 0 aliphatic carbocycles. The summed E-state index contributed by atoms with van der Waals surface area (Å²) in [7, 11) is 0. The highest BCUT2D eigenvalue weighted by atomic mass is 16.4. The van der Waals surface area contributed by atoms with E-state index in [4.69, 9.17) is 4.42 Å². The first-order valence-electron chi connectivity index (χ1n) is 9.64. The van der Waals surface area contributed by atoms with Crippen LogP contribution in [0.2, 0.25) is 0 Å². The fourth-order valence-electron chi connectivity index (χ4n) is 4.25. The third-order valence-electron chi connectivity index (χ3n) is 5.79.